The fraction of sp³-hybridized carbons (Fsp3) is 0.857. The Morgan fingerprint density at radius 1 is 1.40 bits per heavy atom. The molecule has 0 spiro atoms. The molecule has 1 saturated carbocycles. The van der Waals surface area contributed by atoms with Gasteiger partial charge >= 0.3 is 12.0 Å². The van der Waals surface area contributed by atoms with Crippen molar-refractivity contribution < 1.29 is 14.7 Å². The minimum absolute atomic E-state index is 0.191. The lowest BCUT2D eigenvalue weighted by molar-refractivity contribution is -0.141. The SMILES string of the molecule is CCC1CCC(NC(=O)N2CCSCC2C(=O)O)C1C. The van der Waals surface area contributed by atoms with E-state index in [1.54, 1.807) is 11.8 Å². The largest absolute Gasteiger partial charge is 0.480 e. The van der Waals surface area contributed by atoms with E-state index < -0.39 is 12.0 Å². The number of rotatable bonds is 3. The van der Waals surface area contributed by atoms with E-state index >= 15 is 0 Å². The van der Waals surface area contributed by atoms with Gasteiger partial charge in [-0.05, 0) is 24.7 Å². The quantitative estimate of drug-likeness (QED) is 0.836. The summed E-state index contributed by atoms with van der Waals surface area (Å²) in [4.78, 5) is 25.1. The van der Waals surface area contributed by atoms with Crippen LogP contribution in [-0.4, -0.2) is 52.1 Å². The Morgan fingerprint density at radius 3 is 2.75 bits per heavy atom. The average molecular weight is 300 g/mol. The Hall–Kier alpha value is -0.910. The van der Waals surface area contributed by atoms with Crippen molar-refractivity contribution in [3.8, 4) is 0 Å². The zero-order chi connectivity index (χ0) is 14.7. The normalized spacial score (nSPS) is 34.0. The van der Waals surface area contributed by atoms with Gasteiger partial charge in [0.25, 0.3) is 0 Å². The molecule has 0 aromatic rings. The molecule has 2 rings (SSSR count). The Bertz CT molecular complexity index is 377. The van der Waals surface area contributed by atoms with Gasteiger partial charge in [0.1, 0.15) is 6.04 Å². The first-order valence-electron chi connectivity index (χ1n) is 7.42. The van der Waals surface area contributed by atoms with Gasteiger partial charge < -0.3 is 15.3 Å². The van der Waals surface area contributed by atoms with Crippen LogP contribution in [0.2, 0.25) is 0 Å². The van der Waals surface area contributed by atoms with Gasteiger partial charge in [-0.25, -0.2) is 9.59 Å². The fourth-order valence-corrected chi connectivity index (χ4v) is 4.36. The van der Waals surface area contributed by atoms with E-state index in [1.165, 1.54) is 4.90 Å². The summed E-state index contributed by atoms with van der Waals surface area (Å²) in [6.07, 6.45) is 3.30. The molecule has 1 aliphatic carbocycles. The summed E-state index contributed by atoms with van der Waals surface area (Å²) in [7, 11) is 0. The molecule has 1 heterocycles. The molecular weight excluding hydrogens is 276 g/mol. The maximum Gasteiger partial charge on any atom is 0.327 e. The number of hydrogen-bond acceptors (Lipinski definition) is 3. The maximum absolute atomic E-state index is 12.4. The number of aliphatic carboxylic acids is 1. The molecule has 0 bridgehead atoms. The van der Waals surface area contributed by atoms with E-state index in [2.05, 4.69) is 19.2 Å². The number of hydrogen-bond donors (Lipinski definition) is 2. The number of carboxylic acids is 1. The molecule has 2 N–H and O–H groups in total. The molecule has 4 atom stereocenters. The van der Waals surface area contributed by atoms with Crippen LogP contribution in [0.4, 0.5) is 4.79 Å². The molecule has 1 aliphatic heterocycles. The van der Waals surface area contributed by atoms with Crippen molar-refractivity contribution in [2.75, 3.05) is 18.1 Å². The fourth-order valence-electron chi connectivity index (χ4n) is 3.32. The molecule has 2 amide bonds. The highest BCUT2D eigenvalue weighted by Crippen LogP contribution is 2.34. The molecule has 20 heavy (non-hydrogen) atoms. The first-order valence-corrected chi connectivity index (χ1v) is 8.57. The number of thioether (sulfide) groups is 1. The van der Waals surface area contributed by atoms with E-state index in [0.29, 0.717) is 24.1 Å². The third-order valence-electron chi connectivity index (χ3n) is 4.73. The highest BCUT2D eigenvalue weighted by molar-refractivity contribution is 7.99. The van der Waals surface area contributed by atoms with Crippen molar-refractivity contribution >= 4 is 23.8 Å². The molecule has 6 heteroatoms. The van der Waals surface area contributed by atoms with Crippen molar-refractivity contribution in [2.24, 2.45) is 11.8 Å². The predicted molar refractivity (Wildman–Crippen MR) is 80.0 cm³/mol. The highest BCUT2D eigenvalue weighted by Gasteiger charge is 2.36. The molecule has 0 radical (unpaired) electrons. The first-order chi connectivity index (χ1) is 9.54. The second-order valence-corrected chi connectivity index (χ2v) is 6.93. The highest BCUT2D eigenvalue weighted by atomic mass is 32.2. The summed E-state index contributed by atoms with van der Waals surface area (Å²) in [5, 5.41) is 12.3. The monoisotopic (exact) mass is 300 g/mol. The molecule has 2 fully saturated rings. The average Bonchev–Trinajstić information content (AvgIpc) is 2.79. The third-order valence-corrected chi connectivity index (χ3v) is 5.76. The zero-order valence-corrected chi connectivity index (χ0v) is 13.0. The van der Waals surface area contributed by atoms with Gasteiger partial charge in [0.2, 0.25) is 0 Å². The minimum Gasteiger partial charge on any atom is -0.480 e. The number of carboxylic acid groups (broad SMARTS) is 1. The second kappa shape index (κ2) is 6.70. The molecule has 0 aromatic heterocycles. The lowest BCUT2D eigenvalue weighted by atomic mass is 9.93. The topological polar surface area (TPSA) is 69.6 Å². The third kappa shape index (κ3) is 3.22. The molecule has 114 valence electrons. The molecule has 4 unspecified atom stereocenters. The van der Waals surface area contributed by atoms with Crippen LogP contribution in [0.5, 0.6) is 0 Å². The van der Waals surface area contributed by atoms with E-state index in [1.807, 2.05) is 0 Å². The smallest absolute Gasteiger partial charge is 0.327 e. The number of amides is 2. The van der Waals surface area contributed by atoms with Crippen LogP contribution in [0.25, 0.3) is 0 Å². The summed E-state index contributed by atoms with van der Waals surface area (Å²) in [5.74, 6) is 1.55. The number of nitrogens with zero attached hydrogens (tertiary/aromatic N) is 1. The Labute approximate surface area is 124 Å². The Morgan fingerprint density at radius 2 is 2.15 bits per heavy atom. The molecule has 5 nitrogen and oxygen atoms in total. The lowest BCUT2D eigenvalue weighted by Crippen LogP contribution is -2.55. The summed E-state index contributed by atoms with van der Waals surface area (Å²) < 4.78 is 0. The lowest BCUT2D eigenvalue weighted by Gasteiger charge is -2.34. The van der Waals surface area contributed by atoms with Gasteiger partial charge in [0.05, 0.1) is 0 Å². The van der Waals surface area contributed by atoms with E-state index in [4.69, 9.17) is 0 Å². The van der Waals surface area contributed by atoms with Crippen LogP contribution < -0.4 is 5.32 Å². The summed E-state index contributed by atoms with van der Waals surface area (Å²) >= 11 is 1.60. The molecule has 0 aromatic carbocycles. The van der Waals surface area contributed by atoms with E-state index in [9.17, 15) is 14.7 Å². The summed E-state index contributed by atoms with van der Waals surface area (Å²) in [5.41, 5.74) is 0. The number of urea groups is 1. The van der Waals surface area contributed by atoms with Crippen molar-refractivity contribution in [3.63, 3.8) is 0 Å². The number of carbonyl (C=O) groups excluding carboxylic acids is 1. The number of carbonyl (C=O) groups is 2. The molecule has 2 aliphatic rings. The van der Waals surface area contributed by atoms with Crippen LogP contribution in [0, 0.1) is 11.8 Å². The van der Waals surface area contributed by atoms with Crippen LogP contribution >= 0.6 is 11.8 Å². The van der Waals surface area contributed by atoms with Gasteiger partial charge in [0.15, 0.2) is 0 Å². The van der Waals surface area contributed by atoms with E-state index in [-0.39, 0.29) is 12.1 Å². The van der Waals surface area contributed by atoms with Crippen LogP contribution in [0.3, 0.4) is 0 Å². The first kappa shape index (κ1) is 15.5. The summed E-state index contributed by atoms with van der Waals surface area (Å²) in [6, 6.07) is -0.699. The number of nitrogens with one attached hydrogen (secondary N) is 1. The van der Waals surface area contributed by atoms with Crippen LogP contribution in [0.15, 0.2) is 0 Å². The maximum atomic E-state index is 12.4. The van der Waals surface area contributed by atoms with Crippen molar-refractivity contribution in [1.29, 1.82) is 0 Å². The molecular formula is C14H24N2O3S. The van der Waals surface area contributed by atoms with Crippen molar-refractivity contribution in [1.82, 2.24) is 10.2 Å². The van der Waals surface area contributed by atoms with Gasteiger partial charge in [-0.1, -0.05) is 20.3 Å². The van der Waals surface area contributed by atoms with Gasteiger partial charge in [0, 0.05) is 24.1 Å². The van der Waals surface area contributed by atoms with Gasteiger partial charge in [-0.2, -0.15) is 11.8 Å². The van der Waals surface area contributed by atoms with Crippen LogP contribution in [-0.2, 0) is 4.79 Å². The van der Waals surface area contributed by atoms with E-state index in [0.717, 1.165) is 25.0 Å². The van der Waals surface area contributed by atoms with Crippen LogP contribution in [0.1, 0.15) is 33.1 Å². The van der Waals surface area contributed by atoms with Gasteiger partial charge in [-0.15, -0.1) is 0 Å². The van der Waals surface area contributed by atoms with Crippen molar-refractivity contribution in [2.45, 2.75) is 45.2 Å². The molecule has 1 saturated heterocycles. The Kier molecular flexibility index (Phi) is 5.18. The van der Waals surface area contributed by atoms with Gasteiger partial charge in [-0.3, -0.25) is 0 Å². The predicted octanol–water partition coefficient (Wildman–Crippen LogP) is 2.02. The Balaban J connectivity index is 1.95. The minimum atomic E-state index is -0.904. The summed E-state index contributed by atoms with van der Waals surface area (Å²) in [6.45, 7) is 4.90. The van der Waals surface area contributed by atoms with Crippen molar-refractivity contribution in [3.05, 3.63) is 0 Å². The standard InChI is InChI=1S/C14H24N2O3S/c1-3-10-4-5-11(9(10)2)15-14(19)16-6-7-20-8-12(16)13(17)18/h9-12H,3-8H2,1-2H3,(H,15,19)(H,17,18). The zero-order valence-electron chi connectivity index (χ0n) is 12.2. The second-order valence-electron chi connectivity index (χ2n) is 5.78.